The van der Waals surface area contributed by atoms with Gasteiger partial charge in [0.05, 0.1) is 29.5 Å². The fourth-order valence-corrected chi connectivity index (χ4v) is 2.13. The van der Waals surface area contributed by atoms with Crippen molar-refractivity contribution in [2.75, 3.05) is 0 Å². The highest BCUT2D eigenvalue weighted by Gasteiger charge is 2.09. The molecule has 0 unspecified atom stereocenters. The number of carbonyl (C=O) groups is 1. The Kier molecular flexibility index (Phi) is 2.95. The van der Waals surface area contributed by atoms with Crippen molar-refractivity contribution >= 4 is 17.0 Å². The Hall–Kier alpha value is -2.69. The van der Waals surface area contributed by atoms with Gasteiger partial charge < -0.3 is 9.67 Å². The molecule has 4 nitrogen and oxygen atoms in total. The molecule has 0 saturated heterocycles. The van der Waals surface area contributed by atoms with Crippen molar-refractivity contribution in [1.82, 2.24) is 9.55 Å². The van der Waals surface area contributed by atoms with Crippen molar-refractivity contribution < 1.29 is 14.3 Å². The number of fused-ring (bicyclic) bond motifs is 1. The van der Waals surface area contributed by atoms with Gasteiger partial charge in [0, 0.05) is 5.56 Å². The molecule has 20 heavy (non-hydrogen) atoms. The summed E-state index contributed by atoms with van der Waals surface area (Å²) in [5.74, 6) is -1.26. The lowest BCUT2D eigenvalue weighted by Gasteiger charge is -2.05. The highest BCUT2D eigenvalue weighted by atomic mass is 19.1. The fourth-order valence-electron chi connectivity index (χ4n) is 2.13. The maximum Gasteiger partial charge on any atom is 0.335 e. The van der Waals surface area contributed by atoms with E-state index in [0.717, 1.165) is 5.52 Å². The van der Waals surface area contributed by atoms with Crippen molar-refractivity contribution in [3.63, 3.8) is 0 Å². The number of aromatic carboxylic acids is 1. The van der Waals surface area contributed by atoms with Gasteiger partial charge >= 0.3 is 5.97 Å². The minimum atomic E-state index is -0.990. The monoisotopic (exact) mass is 270 g/mol. The van der Waals surface area contributed by atoms with E-state index in [0.29, 0.717) is 17.6 Å². The Morgan fingerprint density at radius 3 is 2.80 bits per heavy atom. The Balaban J connectivity index is 2.01. The van der Waals surface area contributed by atoms with Crippen LogP contribution in [-0.4, -0.2) is 20.6 Å². The average molecular weight is 270 g/mol. The zero-order chi connectivity index (χ0) is 14.1. The van der Waals surface area contributed by atoms with Crippen LogP contribution in [0.2, 0.25) is 0 Å². The number of benzene rings is 2. The van der Waals surface area contributed by atoms with Crippen LogP contribution in [0.5, 0.6) is 0 Å². The second kappa shape index (κ2) is 4.77. The molecule has 3 rings (SSSR count). The van der Waals surface area contributed by atoms with E-state index >= 15 is 0 Å². The Bertz CT molecular complexity index is 795. The number of carboxylic acid groups (broad SMARTS) is 1. The Morgan fingerprint density at radius 2 is 2.05 bits per heavy atom. The van der Waals surface area contributed by atoms with Gasteiger partial charge in [-0.1, -0.05) is 18.2 Å². The Labute approximate surface area is 114 Å². The topological polar surface area (TPSA) is 55.1 Å². The predicted molar refractivity (Wildman–Crippen MR) is 72.2 cm³/mol. The number of nitrogens with zero attached hydrogens (tertiary/aromatic N) is 2. The molecule has 1 N–H and O–H groups in total. The maximum absolute atomic E-state index is 13.6. The molecule has 0 saturated carbocycles. The van der Waals surface area contributed by atoms with Crippen LogP contribution in [0.1, 0.15) is 15.9 Å². The van der Waals surface area contributed by atoms with Crippen molar-refractivity contribution in [1.29, 1.82) is 0 Å². The lowest BCUT2D eigenvalue weighted by Crippen LogP contribution is -2.01. The third kappa shape index (κ3) is 2.14. The molecule has 5 heteroatoms. The number of halogens is 1. The van der Waals surface area contributed by atoms with Crippen LogP contribution >= 0.6 is 0 Å². The highest BCUT2D eigenvalue weighted by molar-refractivity contribution is 5.92. The van der Waals surface area contributed by atoms with E-state index in [-0.39, 0.29) is 11.4 Å². The van der Waals surface area contributed by atoms with Crippen LogP contribution in [-0.2, 0) is 6.54 Å². The molecule has 0 radical (unpaired) electrons. The number of rotatable bonds is 3. The minimum Gasteiger partial charge on any atom is -0.478 e. The van der Waals surface area contributed by atoms with Gasteiger partial charge in [0.2, 0.25) is 0 Å². The van der Waals surface area contributed by atoms with Crippen LogP contribution in [0.25, 0.3) is 11.0 Å². The first-order chi connectivity index (χ1) is 9.65. The van der Waals surface area contributed by atoms with E-state index in [1.165, 1.54) is 18.2 Å². The van der Waals surface area contributed by atoms with Gasteiger partial charge in [-0.05, 0) is 24.3 Å². The molecule has 1 aromatic heterocycles. The van der Waals surface area contributed by atoms with E-state index in [2.05, 4.69) is 4.98 Å². The van der Waals surface area contributed by atoms with E-state index in [1.807, 2.05) is 0 Å². The molecule has 0 atom stereocenters. The second-order valence-corrected chi connectivity index (χ2v) is 4.47. The van der Waals surface area contributed by atoms with Crippen LogP contribution in [0, 0.1) is 5.82 Å². The molecule has 0 amide bonds. The molecular weight excluding hydrogens is 259 g/mol. The van der Waals surface area contributed by atoms with Crippen molar-refractivity contribution in [2.24, 2.45) is 0 Å². The quantitative estimate of drug-likeness (QED) is 0.796. The summed E-state index contributed by atoms with van der Waals surface area (Å²) in [5.41, 5.74) is 2.11. The molecule has 1 heterocycles. The van der Waals surface area contributed by atoms with Gasteiger partial charge in [0.1, 0.15) is 5.82 Å². The van der Waals surface area contributed by atoms with Crippen LogP contribution in [0.4, 0.5) is 4.39 Å². The number of hydrogen-bond acceptors (Lipinski definition) is 2. The number of imidazole rings is 1. The number of aromatic nitrogens is 2. The number of hydrogen-bond donors (Lipinski definition) is 1. The van der Waals surface area contributed by atoms with E-state index in [1.54, 1.807) is 35.2 Å². The zero-order valence-corrected chi connectivity index (χ0v) is 10.5. The summed E-state index contributed by atoms with van der Waals surface area (Å²) in [6.07, 6.45) is 1.59. The standard InChI is InChI=1S/C15H11FN2O2/c16-12-4-2-1-3-11(12)8-18-9-17-13-7-10(15(19)20)5-6-14(13)18/h1-7,9H,8H2,(H,19,20). The van der Waals surface area contributed by atoms with Gasteiger partial charge in [-0.3, -0.25) is 0 Å². The summed E-state index contributed by atoms with van der Waals surface area (Å²) in [6, 6.07) is 11.3. The molecule has 0 aliphatic heterocycles. The molecule has 0 bridgehead atoms. The molecule has 0 aliphatic carbocycles. The summed E-state index contributed by atoms with van der Waals surface area (Å²) in [7, 11) is 0. The van der Waals surface area contributed by atoms with Crippen LogP contribution in [0.3, 0.4) is 0 Å². The number of carboxylic acids is 1. The molecule has 2 aromatic carbocycles. The second-order valence-electron chi connectivity index (χ2n) is 4.47. The SMILES string of the molecule is O=C(O)c1ccc2c(c1)ncn2Cc1ccccc1F. The van der Waals surface area contributed by atoms with E-state index in [4.69, 9.17) is 5.11 Å². The largest absolute Gasteiger partial charge is 0.478 e. The summed E-state index contributed by atoms with van der Waals surface area (Å²) in [4.78, 5) is 15.1. The van der Waals surface area contributed by atoms with Crippen molar-refractivity contribution in [3.8, 4) is 0 Å². The first-order valence-electron chi connectivity index (χ1n) is 6.07. The molecule has 100 valence electrons. The minimum absolute atomic E-state index is 0.189. The lowest BCUT2D eigenvalue weighted by molar-refractivity contribution is 0.0697. The van der Waals surface area contributed by atoms with Gasteiger partial charge in [0.25, 0.3) is 0 Å². The average Bonchev–Trinajstić information content (AvgIpc) is 2.84. The fraction of sp³-hybridized carbons (Fsp3) is 0.0667. The highest BCUT2D eigenvalue weighted by Crippen LogP contribution is 2.17. The zero-order valence-electron chi connectivity index (χ0n) is 10.5. The van der Waals surface area contributed by atoms with Crippen molar-refractivity contribution in [2.45, 2.75) is 6.54 Å². The molecule has 3 aromatic rings. The van der Waals surface area contributed by atoms with Crippen LogP contribution in [0.15, 0.2) is 48.8 Å². The van der Waals surface area contributed by atoms with Crippen molar-refractivity contribution in [3.05, 3.63) is 65.7 Å². The first-order valence-corrected chi connectivity index (χ1v) is 6.07. The first kappa shape index (κ1) is 12.3. The predicted octanol–water partition coefficient (Wildman–Crippen LogP) is 2.92. The summed E-state index contributed by atoms with van der Waals surface area (Å²) < 4.78 is 15.4. The smallest absolute Gasteiger partial charge is 0.335 e. The van der Waals surface area contributed by atoms with Gasteiger partial charge in [-0.2, -0.15) is 0 Å². The molecule has 0 spiro atoms. The maximum atomic E-state index is 13.6. The van der Waals surface area contributed by atoms with Gasteiger partial charge in [0.15, 0.2) is 0 Å². The molecule has 0 fully saturated rings. The Morgan fingerprint density at radius 1 is 1.25 bits per heavy atom. The molecular formula is C15H11FN2O2. The van der Waals surface area contributed by atoms with E-state index in [9.17, 15) is 9.18 Å². The summed E-state index contributed by atoms with van der Waals surface area (Å²) in [6.45, 7) is 0.357. The molecule has 0 aliphatic rings. The third-order valence-electron chi connectivity index (χ3n) is 3.17. The van der Waals surface area contributed by atoms with Gasteiger partial charge in [-0.15, -0.1) is 0 Å². The lowest BCUT2D eigenvalue weighted by atomic mass is 10.2. The summed E-state index contributed by atoms with van der Waals surface area (Å²) in [5, 5.41) is 8.94. The van der Waals surface area contributed by atoms with E-state index < -0.39 is 5.97 Å². The van der Waals surface area contributed by atoms with Crippen LogP contribution < -0.4 is 0 Å². The van der Waals surface area contributed by atoms with Gasteiger partial charge in [-0.25, -0.2) is 14.2 Å². The normalized spacial score (nSPS) is 10.8. The third-order valence-corrected chi connectivity index (χ3v) is 3.17. The summed E-state index contributed by atoms with van der Waals surface area (Å²) >= 11 is 0.